The smallest absolute Gasteiger partial charge is 0.321 e. The van der Waals surface area contributed by atoms with E-state index in [1.165, 1.54) is 18.4 Å². The molecule has 24 heavy (non-hydrogen) atoms. The summed E-state index contributed by atoms with van der Waals surface area (Å²) < 4.78 is 43.4. The van der Waals surface area contributed by atoms with Crippen LogP contribution in [-0.4, -0.2) is 37.3 Å². The molecule has 2 aromatic rings. The van der Waals surface area contributed by atoms with E-state index < -0.39 is 28.4 Å². The number of nitrogens with zero attached hydrogens (tertiary/aromatic N) is 2. The molecule has 0 radical (unpaired) electrons. The summed E-state index contributed by atoms with van der Waals surface area (Å²) in [5, 5.41) is 2.74. The highest BCUT2D eigenvalue weighted by atomic mass is 32.2. The Morgan fingerprint density at radius 1 is 1.33 bits per heavy atom. The fourth-order valence-electron chi connectivity index (χ4n) is 1.83. The Hall–Kier alpha value is -1.84. The van der Waals surface area contributed by atoms with Crippen LogP contribution >= 0.6 is 11.3 Å². The standard InChI is InChI=1S/C15H17FN2O4S2/c1-3-14-17-12(10-23-14)9-22-15(19)8-18(2)24(20,21)13-6-4-11(16)5-7-13/h4-7,10H,3,8-9H2,1-2H3. The van der Waals surface area contributed by atoms with Crippen LogP contribution < -0.4 is 0 Å². The van der Waals surface area contributed by atoms with Gasteiger partial charge >= 0.3 is 5.97 Å². The van der Waals surface area contributed by atoms with Crippen LogP contribution in [0.5, 0.6) is 0 Å². The lowest BCUT2D eigenvalue weighted by molar-refractivity contribution is -0.145. The lowest BCUT2D eigenvalue weighted by Gasteiger charge is -2.16. The number of aryl methyl sites for hydroxylation is 1. The van der Waals surface area contributed by atoms with Crippen molar-refractivity contribution in [2.24, 2.45) is 0 Å². The number of carbonyl (C=O) groups is 1. The predicted molar refractivity (Wildman–Crippen MR) is 87.5 cm³/mol. The lowest BCUT2D eigenvalue weighted by atomic mass is 10.4. The Morgan fingerprint density at radius 3 is 2.58 bits per heavy atom. The number of thiazole rings is 1. The number of sulfonamides is 1. The topological polar surface area (TPSA) is 76.6 Å². The van der Waals surface area contributed by atoms with Gasteiger partial charge < -0.3 is 4.74 Å². The third-order valence-electron chi connectivity index (χ3n) is 3.16. The maximum Gasteiger partial charge on any atom is 0.321 e. The first-order valence-corrected chi connectivity index (χ1v) is 9.45. The van der Waals surface area contributed by atoms with Gasteiger partial charge in [-0.15, -0.1) is 11.3 Å². The van der Waals surface area contributed by atoms with E-state index in [4.69, 9.17) is 4.74 Å². The fraction of sp³-hybridized carbons (Fsp3) is 0.333. The molecule has 1 aromatic carbocycles. The number of hydrogen-bond acceptors (Lipinski definition) is 6. The summed E-state index contributed by atoms with van der Waals surface area (Å²) in [4.78, 5) is 16.0. The molecule has 0 fully saturated rings. The molecule has 2 rings (SSSR count). The summed E-state index contributed by atoms with van der Waals surface area (Å²) in [7, 11) is -2.62. The Labute approximate surface area is 143 Å². The van der Waals surface area contributed by atoms with Crippen molar-refractivity contribution in [3.63, 3.8) is 0 Å². The van der Waals surface area contributed by atoms with E-state index in [2.05, 4.69) is 4.98 Å². The number of benzene rings is 1. The van der Waals surface area contributed by atoms with Crippen LogP contribution in [0, 0.1) is 5.82 Å². The van der Waals surface area contributed by atoms with Crippen molar-refractivity contribution in [1.82, 2.24) is 9.29 Å². The molecular formula is C15H17FN2O4S2. The number of ether oxygens (including phenoxy) is 1. The molecule has 0 N–H and O–H groups in total. The Bertz CT molecular complexity index is 803. The highest BCUT2D eigenvalue weighted by molar-refractivity contribution is 7.89. The van der Waals surface area contributed by atoms with Crippen LogP contribution in [0.2, 0.25) is 0 Å². The highest BCUT2D eigenvalue weighted by Gasteiger charge is 2.23. The van der Waals surface area contributed by atoms with Gasteiger partial charge in [0, 0.05) is 12.4 Å². The highest BCUT2D eigenvalue weighted by Crippen LogP contribution is 2.15. The molecule has 0 saturated heterocycles. The maximum absolute atomic E-state index is 12.9. The number of halogens is 1. The predicted octanol–water partition coefficient (Wildman–Crippen LogP) is 2.21. The molecule has 1 aromatic heterocycles. The van der Waals surface area contributed by atoms with Gasteiger partial charge in [0.2, 0.25) is 10.0 Å². The molecule has 0 atom stereocenters. The van der Waals surface area contributed by atoms with Gasteiger partial charge in [-0.2, -0.15) is 4.31 Å². The SMILES string of the molecule is CCc1nc(COC(=O)CN(C)S(=O)(=O)c2ccc(F)cc2)cs1. The van der Waals surface area contributed by atoms with E-state index in [9.17, 15) is 17.6 Å². The monoisotopic (exact) mass is 372 g/mol. The number of rotatable bonds is 7. The van der Waals surface area contributed by atoms with Gasteiger partial charge in [-0.1, -0.05) is 6.92 Å². The first-order chi connectivity index (χ1) is 11.3. The molecule has 0 spiro atoms. The van der Waals surface area contributed by atoms with Crippen LogP contribution in [0.4, 0.5) is 4.39 Å². The molecular weight excluding hydrogens is 355 g/mol. The number of esters is 1. The summed E-state index contributed by atoms with van der Waals surface area (Å²) in [6.07, 6.45) is 0.803. The van der Waals surface area contributed by atoms with E-state index >= 15 is 0 Å². The average molecular weight is 372 g/mol. The Kier molecular flexibility index (Phi) is 6.03. The van der Waals surface area contributed by atoms with Gasteiger partial charge in [-0.05, 0) is 30.7 Å². The second-order valence-corrected chi connectivity index (χ2v) is 7.95. The number of carbonyl (C=O) groups excluding carboxylic acids is 1. The van der Waals surface area contributed by atoms with Gasteiger partial charge in [0.05, 0.1) is 15.6 Å². The molecule has 0 aliphatic rings. The van der Waals surface area contributed by atoms with Crippen LogP contribution in [0.25, 0.3) is 0 Å². The molecule has 9 heteroatoms. The Morgan fingerprint density at radius 2 is 2.00 bits per heavy atom. The molecule has 6 nitrogen and oxygen atoms in total. The minimum atomic E-state index is -3.88. The maximum atomic E-state index is 12.9. The molecule has 0 unspecified atom stereocenters. The number of likely N-dealkylation sites (N-methyl/N-ethyl adjacent to an activating group) is 1. The van der Waals surface area contributed by atoms with Crippen LogP contribution in [-0.2, 0) is 32.6 Å². The largest absolute Gasteiger partial charge is 0.458 e. The van der Waals surface area contributed by atoms with E-state index in [0.717, 1.165) is 40.0 Å². The van der Waals surface area contributed by atoms with Gasteiger partial charge in [0.25, 0.3) is 0 Å². The van der Waals surface area contributed by atoms with Gasteiger partial charge in [-0.25, -0.2) is 17.8 Å². The Balaban J connectivity index is 1.93. The van der Waals surface area contributed by atoms with E-state index in [1.807, 2.05) is 6.92 Å². The summed E-state index contributed by atoms with van der Waals surface area (Å²) >= 11 is 1.48. The average Bonchev–Trinajstić information content (AvgIpc) is 3.01. The minimum absolute atomic E-state index is 0.000229. The second kappa shape index (κ2) is 7.82. The first kappa shape index (κ1) is 18.5. The van der Waals surface area contributed by atoms with Crippen molar-refractivity contribution in [2.45, 2.75) is 24.8 Å². The quantitative estimate of drug-likeness (QED) is 0.697. The summed E-state index contributed by atoms with van der Waals surface area (Å²) in [6, 6.07) is 4.39. The van der Waals surface area contributed by atoms with Crippen molar-refractivity contribution in [3.8, 4) is 0 Å². The molecule has 0 bridgehead atoms. The summed E-state index contributed by atoms with van der Waals surface area (Å²) in [5.41, 5.74) is 0.634. The number of aromatic nitrogens is 1. The first-order valence-electron chi connectivity index (χ1n) is 7.13. The van der Waals surface area contributed by atoms with Crippen LogP contribution in [0.15, 0.2) is 34.5 Å². The molecule has 0 amide bonds. The fourth-order valence-corrected chi connectivity index (χ4v) is 3.68. The summed E-state index contributed by atoms with van der Waals surface area (Å²) in [6.45, 7) is 1.54. The van der Waals surface area contributed by atoms with Crippen LogP contribution in [0.3, 0.4) is 0 Å². The van der Waals surface area contributed by atoms with E-state index in [1.54, 1.807) is 5.38 Å². The normalized spacial score (nSPS) is 11.7. The zero-order chi connectivity index (χ0) is 17.7. The van der Waals surface area contributed by atoms with Crippen molar-refractivity contribution in [2.75, 3.05) is 13.6 Å². The van der Waals surface area contributed by atoms with Crippen molar-refractivity contribution in [3.05, 3.63) is 46.2 Å². The third kappa shape index (κ3) is 4.59. The lowest BCUT2D eigenvalue weighted by Crippen LogP contribution is -2.33. The number of hydrogen-bond donors (Lipinski definition) is 0. The molecule has 130 valence electrons. The molecule has 1 heterocycles. The zero-order valence-corrected chi connectivity index (χ0v) is 14.9. The molecule has 0 aliphatic carbocycles. The van der Waals surface area contributed by atoms with Gasteiger partial charge in [-0.3, -0.25) is 4.79 Å². The van der Waals surface area contributed by atoms with Crippen molar-refractivity contribution in [1.29, 1.82) is 0 Å². The minimum Gasteiger partial charge on any atom is -0.458 e. The summed E-state index contributed by atoms with van der Waals surface area (Å²) in [5.74, 6) is -1.22. The third-order valence-corrected chi connectivity index (χ3v) is 6.02. The molecule has 0 aliphatic heterocycles. The van der Waals surface area contributed by atoms with Gasteiger partial charge in [0.15, 0.2) is 0 Å². The molecule has 0 saturated carbocycles. The van der Waals surface area contributed by atoms with Gasteiger partial charge in [0.1, 0.15) is 19.0 Å². The van der Waals surface area contributed by atoms with E-state index in [-0.39, 0.29) is 11.5 Å². The van der Waals surface area contributed by atoms with Crippen LogP contribution in [0.1, 0.15) is 17.6 Å². The second-order valence-electron chi connectivity index (χ2n) is 4.96. The van der Waals surface area contributed by atoms with Crippen molar-refractivity contribution < 1.29 is 22.3 Å². The van der Waals surface area contributed by atoms with Crippen molar-refractivity contribution >= 4 is 27.3 Å². The zero-order valence-electron chi connectivity index (χ0n) is 13.2. The van der Waals surface area contributed by atoms with E-state index in [0.29, 0.717) is 5.69 Å².